The summed E-state index contributed by atoms with van der Waals surface area (Å²) in [6.07, 6.45) is 7.96. The summed E-state index contributed by atoms with van der Waals surface area (Å²) >= 11 is 6.10. The second-order valence-corrected chi connectivity index (χ2v) is 11.3. The van der Waals surface area contributed by atoms with Gasteiger partial charge in [-0.05, 0) is 60.4 Å². The molecule has 1 aliphatic heterocycles. The molecule has 0 radical (unpaired) electrons. The van der Waals surface area contributed by atoms with Crippen LogP contribution in [0.25, 0.3) is 5.65 Å². The van der Waals surface area contributed by atoms with Gasteiger partial charge in [0.1, 0.15) is 18.0 Å². The molecule has 2 saturated carbocycles. The summed E-state index contributed by atoms with van der Waals surface area (Å²) in [6, 6.07) is 11.4. The molecule has 204 valence electrons. The number of nitrogens with one attached hydrogen (secondary N) is 2. The van der Waals surface area contributed by atoms with Crippen molar-refractivity contribution in [1.82, 2.24) is 19.4 Å². The van der Waals surface area contributed by atoms with Crippen molar-refractivity contribution in [2.75, 3.05) is 22.1 Å². The predicted molar refractivity (Wildman–Crippen MR) is 150 cm³/mol. The Morgan fingerprint density at radius 2 is 1.95 bits per heavy atom. The standard InChI is InChI=1S/C29H28ClN7O3/c30-19-3-1-2-17(6-19)22-9-23(22)29(40)35-26-10-25(32-15-33-26)31-11-20-13-36-12-18(16-4-5-16)7-24(28(36)34-20)37-14-21(38)8-27(37)39/h1-3,6-7,10,12-13,15-16,21-23,38H,4-5,8-9,11,14H2,(H2,31,32,33,35,40)/t21-,22-,23+/m1/s1. The van der Waals surface area contributed by atoms with Gasteiger partial charge in [0.2, 0.25) is 11.8 Å². The van der Waals surface area contributed by atoms with Crippen molar-refractivity contribution in [3.05, 3.63) is 77.0 Å². The van der Waals surface area contributed by atoms with Crippen molar-refractivity contribution in [1.29, 1.82) is 0 Å². The number of rotatable bonds is 8. The van der Waals surface area contributed by atoms with Crippen LogP contribution in [0.15, 0.2) is 55.1 Å². The minimum Gasteiger partial charge on any atom is -0.391 e. The SMILES string of the molecule is O=C(Nc1cc(NCc2cn3cc(C4CC4)cc(N4C[C@H](O)CC4=O)c3n2)ncn1)[C@H]1C[C@@H]1c1cccc(Cl)c1. The van der Waals surface area contributed by atoms with E-state index >= 15 is 0 Å². The lowest BCUT2D eigenvalue weighted by atomic mass is 10.1. The van der Waals surface area contributed by atoms with E-state index in [-0.39, 0.29) is 36.6 Å². The van der Waals surface area contributed by atoms with Gasteiger partial charge in [-0.25, -0.2) is 15.0 Å². The number of β-amino-alcohol motifs (C(OH)–C–C–N with tert-alkyl or cyclic N) is 1. The average molecular weight is 558 g/mol. The van der Waals surface area contributed by atoms with Gasteiger partial charge in [0.25, 0.3) is 0 Å². The zero-order valence-corrected chi connectivity index (χ0v) is 22.4. The van der Waals surface area contributed by atoms with Crippen LogP contribution >= 0.6 is 11.6 Å². The van der Waals surface area contributed by atoms with E-state index in [0.717, 1.165) is 36.2 Å². The first-order valence-corrected chi connectivity index (χ1v) is 13.9. The third kappa shape index (κ3) is 5.00. The van der Waals surface area contributed by atoms with Gasteiger partial charge in [-0.15, -0.1) is 0 Å². The first kappa shape index (κ1) is 25.0. The normalized spacial score (nSPS) is 22.1. The van der Waals surface area contributed by atoms with Crippen molar-refractivity contribution >= 4 is 46.4 Å². The number of aliphatic hydroxyl groups excluding tert-OH is 1. The third-order valence-corrected chi connectivity index (χ3v) is 8.06. The second kappa shape index (κ2) is 9.87. The number of carbonyl (C=O) groups is 2. The van der Waals surface area contributed by atoms with Crippen LogP contribution in [0.2, 0.25) is 5.02 Å². The molecule has 3 aliphatic rings. The first-order chi connectivity index (χ1) is 19.4. The zero-order chi connectivity index (χ0) is 27.4. The zero-order valence-electron chi connectivity index (χ0n) is 21.6. The molecule has 7 rings (SSSR count). The van der Waals surface area contributed by atoms with Crippen LogP contribution in [-0.4, -0.2) is 48.9 Å². The number of halogens is 1. The monoisotopic (exact) mass is 557 g/mol. The van der Waals surface area contributed by atoms with Crippen molar-refractivity contribution in [3.8, 4) is 0 Å². The van der Waals surface area contributed by atoms with Gasteiger partial charge < -0.3 is 25.0 Å². The number of fused-ring (bicyclic) bond motifs is 1. The number of imidazole rings is 1. The van der Waals surface area contributed by atoms with E-state index in [1.165, 1.54) is 11.9 Å². The summed E-state index contributed by atoms with van der Waals surface area (Å²) in [6.45, 7) is 0.666. The molecule has 2 amide bonds. The number of hydrogen-bond acceptors (Lipinski definition) is 7. The highest BCUT2D eigenvalue weighted by molar-refractivity contribution is 6.30. The van der Waals surface area contributed by atoms with Crippen LogP contribution in [0, 0.1) is 5.92 Å². The third-order valence-electron chi connectivity index (χ3n) is 7.82. The van der Waals surface area contributed by atoms with E-state index < -0.39 is 6.10 Å². The minimum atomic E-state index is -0.664. The number of anilines is 3. The van der Waals surface area contributed by atoms with E-state index in [4.69, 9.17) is 16.6 Å². The van der Waals surface area contributed by atoms with Crippen molar-refractivity contribution in [2.24, 2.45) is 5.92 Å². The number of carbonyl (C=O) groups excluding carboxylic acids is 2. The summed E-state index contributed by atoms with van der Waals surface area (Å²) < 4.78 is 1.97. The topological polar surface area (TPSA) is 125 Å². The summed E-state index contributed by atoms with van der Waals surface area (Å²) in [5, 5.41) is 16.9. The summed E-state index contributed by atoms with van der Waals surface area (Å²) in [4.78, 5) is 40.3. The number of nitrogens with zero attached hydrogens (tertiary/aromatic N) is 5. The lowest BCUT2D eigenvalue weighted by Crippen LogP contribution is -2.26. The average Bonchev–Trinajstić information content (AvgIpc) is 3.86. The molecular formula is C29H28ClN7O3. The quantitative estimate of drug-likeness (QED) is 0.298. The van der Waals surface area contributed by atoms with Crippen LogP contribution in [0.1, 0.15) is 54.3 Å². The maximum atomic E-state index is 12.8. The highest BCUT2D eigenvalue weighted by Gasteiger charge is 2.44. The highest BCUT2D eigenvalue weighted by atomic mass is 35.5. The van der Waals surface area contributed by atoms with E-state index in [9.17, 15) is 14.7 Å². The number of aromatic nitrogens is 4. The molecule has 2 aliphatic carbocycles. The molecule has 3 N–H and O–H groups in total. The Morgan fingerprint density at radius 3 is 2.73 bits per heavy atom. The van der Waals surface area contributed by atoms with Gasteiger partial charge in [0.15, 0.2) is 5.65 Å². The fourth-order valence-electron chi connectivity index (χ4n) is 5.51. The number of aliphatic hydroxyl groups is 1. The minimum absolute atomic E-state index is 0.0736. The van der Waals surface area contributed by atoms with Crippen molar-refractivity contribution in [3.63, 3.8) is 0 Å². The first-order valence-electron chi connectivity index (χ1n) is 13.5. The lowest BCUT2D eigenvalue weighted by Gasteiger charge is -2.18. The van der Waals surface area contributed by atoms with Crippen LogP contribution in [0.5, 0.6) is 0 Å². The van der Waals surface area contributed by atoms with Gasteiger partial charge in [0, 0.05) is 29.4 Å². The molecule has 4 heterocycles. The lowest BCUT2D eigenvalue weighted by molar-refractivity contribution is -0.118. The molecule has 3 aromatic heterocycles. The van der Waals surface area contributed by atoms with E-state index in [1.54, 1.807) is 11.0 Å². The van der Waals surface area contributed by atoms with E-state index in [0.29, 0.717) is 34.8 Å². The Balaban J connectivity index is 1.04. The Labute approximate surface area is 235 Å². The molecule has 40 heavy (non-hydrogen) atoms. The Bertz CT molecular complexity index is 1640. The Morgan fingerprint density at radius 1 is 1.10 bits per heavy atom. The highest BCUT2D eigenvalue weighted by Crippen LogP contribution is 2.48. The fraction of sp³-hybridized carbons (Fsp3) is 0.345. The van der Waals surface area contributed by atoms with Gasteiger partial charge in [-0.3, -0.25) is 9.59 Å². The van der Waals surface area contributed by atoms with Gasteiger partial charge in [0.05, 0.1) is 37.0 Å². The van der Waals surface area contributed by atoms with Crippen molar-refractivity contribution < 1.29 is 14.7 Å². The Hall–Kier alpha value is -4.02. The van der Waals surface area contributed by atoms with Gasteiger partial charge >= 0.3 is 0 Å². The van der Waals surface area contributed by atoms with E-state index in [2.05, 4.69) is 26.8 Å². The molecule has 3 fully saturated rings. The smallest absolute Gasteiger partial charge is 0.229 e. The van der Waals surface area contributed by atoms with Crippen molar-refractivity contribution in [2.45, 2.75) is 50.2 Å². The molecule has 4 aromatic rings. The second-order valence-electron chi connectivity index (χ2n) is 10.9. The molecule has 10 nitrogen and oxygen atoms in total. The molecule has 11 heteroatoms. The largest absolute Gasteiger partial charge is 0.391 e. The number of pyridine rings is 1. The van der Waals surface area contributed by atoms with Crippen LogP contribution < -0.4 is 15.5 Å². The maximum absolute atomic E-state index is 12.8. The summed E-state index contributed by atoms with van der Waals surface area (Å²) in [5.74, 6) is 1.37. The number of benzene rings is 1. The molecule has 0 bridgehead atoms. The summed E-state index contributed by atoms with van der Waals surface area (Å²) in [7, 11) is 0. The Kier molecular flexibility index (Phi) is 6.16. The molecule has 0 spiro atoms. The molecule has 0 unspecified atom stereocenters. The number of hydrogen-bond donors (Lipinski definition) is 3. The number of amides is 2. The summed E-state index contributed by atoms with van der Waals surface area (Å²) in [5.41, 5.74) is 4.44. The van der Waals surface area contributed by atoms with Crippen LogP contribution in [-0.2, 0) is 16.1 Å². The molecule has 3 atom stereocenters. The molecular weight excluding hydrogens is 530 g/mol. The fourth-order valence-corrected chi connectivity index (χ4v) is 5.71. The maximum Gasteiger partial charge on any atom is 0.229 e. The van der Waals surface area contributed by atoms with Crippen LogP contribution in [0.3, 0.4) is 0 Å². The molecule has 1 aromatic carbocycles. The molecule has 1 saturated heterocycles. The van der Waals surface area contributed by atoms with E-state index in [1.807, 2.05) is 40.9 Å². The predicted octanol–water partition coefficient (Wildman–Crippen LogP) is 4.11. The van der Waals surface area contributed by atoms with Gasteiger partial charge in [-0.2, -0.15) is 0 Å². The van der Waals surface area contributed by atoms with Crippen LogP contribution in [0.4, 0.5) is 17.3 Å². The van der Waals surface area contributed by atoms with Gasteiger partial charge in [-0.1, -0.05) is 23.7 Å².